The lowest BCUT2D eigenvalue weighted by Crippen LogP contribution is -2.38. The third-order valence-electron chi connectivity index (χ3n) is 4.90. The van der Waals surface area contributed by atoms with Gasteiger partial charge in [-0.15, -0.1) is 0 Å². The molecule has 0 atom stereocenters. The second kappa shape index (κ2) is 7.12. The van der Waals surface area contributed by atoms with Crippen LogP contribution in [0, 0.1) is 0 Å². The first-order chi connectivity index (χ1) is 13.6. The van der Waals surface area contributed by atoms with E-state index >= 15 is 0 Å². The third-order valence-corrected chi connectivity index (χ3v) is 4.90. The van der Waals surface area contributed by atoms with E-state index in [0.29, 0.717) is 11.1 Å². The van der Waals surface area contributed by atoms with E-state index in [1.165, 1.54) is 0 Å². The van der Waals surface area contributed by atoms with Gasteiger partial charge < -0.3 is 10.3 Å². The highest BCUT2D eigenvalue weighted by atomic mass is 16.1. The summed E-state index contributed by atoms with van der Waals surface area (Å²) < 4.78 is 3.75. The van der Waals surface area contributed by atoms with E-state index in [-0.39, 0.29) is 12.3 Å². The van der Waals surface area contributed by atoms with Gasteiger partial charge in [0.15, 0.2) is 12.4 Å². The van der Waals surface area contributed by atoms with E-state index in [1.807, 2.05) is 61.6 Å². The number of Topliss-reactive ketones (excluding diaryl/α,β-unsaturated/α-hetero) is 1. The zero-order valence-corrected chi connectivity index (χ0v) is 15.5. The molecule has 0 saturated heterocycles. The molecule has 0 saturated carbocycles. The van der Waals surface area contributed by atoms with Gasteiger partial charge in [0, 0.05) is 24.0 Å². The van der Waals surface area contributed by atoms with Crippen molar-refractivity contribution in [1.29, 1.82) is 0 Å². The van der Waals surface area contributed by atoms with E-state index in [1.54, 1.807) is 29.1 Å². The summed E-state index contributed by atoms with van der Waals surface area (Å²) in [4.78, 5) is 24.8. The first kappa shape index (κ1) is 17.7. The molecule has 2 N–H and O–H groups in total. The van der Waals surface area contributed by atoms with Crippen molar-refractivity contribution >= 4 is 22.6 Å². The number of rotatable bonds is 5. The second-order valence-electron chi connectivity index (χ2n) is 6.72. The Balaban J connectivity index is 1.85. The molecule has 4 aromatic rings. The maximum atomic E-state index is 13.4. The molecule has 5 heteroatoms. The molecule has 1 amide bonds. The fourth-order valence-corrected chi connectivity index (χ4v) is 3.62. The molecule has 0 aliphatic rings. The number of hydrogen-bond acceptors (Lipinski definition) is 2. The van der Waals surface area contributed by atoms with Gasteiger partial charge in [-0.3, -0.25) is 9.59 Å². The molecule has 5 nitrogen and oxygen atoms in total. The molecular weight excluding hydrogens is 350 g/mol. The fraction of sp³-hybridized carbons (Fsp3) is 0.0870. The van der Waals surface area contributed by atoms with Crippen LogP contribution in [0.15, 0.2) is 79.1 Å². The number of ketones is 1. The van der Waals surface area contributed by atoms with Crippen LogP contribution >= 0.6 is 0 Å². The van der Waals surface area contributed by atoms with E-state index < -0.39 is 5.91 Å². The summed E-state index contributed by atoms with van der Waals surface area (Å²) in [6.45, 7) is 0.120. The fourth-order valence-electron chi connectivity index (χ4n) is 3.62. The molecule has 0 bridgehead atoms. The number of nitrogens with two attached hydrogens (primary N) is 1. The van der Waals surface area contributed by atoms with Gasteiger partial charge >= 0.3 is 0 Å². The standard InChI is InChI=1S/C23H19N3O2/c1-25-19-12-6-5-11-18(19)21(22(25)16-8-3-2-4-9-16)20(27)15-26-13-7-10-17(14-26)23(24)28/h2-14H,15H2,1H3,(H-,24,28)/p+1. The summed E-state index contributed by atoms with van der Waals surface area (Å²) in [5.41, 5.74) is 9.29. The Labute approximate surface area is 162 Å². The summed E-state index contributed by atoms with van der Waals surface area (Å²) in [5.74, 6) is -0.542. The summed E-state index contributed by atoms with van der Waals surface area (Å²) in [5, 5.41) is 0.917. The van der Waals surface area contributed by atoms with Crippen LogP contribution in [0.4, 0.5) is 0 Å². The molecule has 2 aromatic heterocycles. The van der Waals surface area contributed by atoms with Crippen LogP contribution in [0.5, 0.6) is 0 Å². The van der Waals surface area contributed by atoms with Crippen molar-refractivity contribution in [3.05, 3.63) is 90.3 Å². The van der Waals surface area contributed by atoms with Crippen molar-refractivity contribution in [2.75, 3.05) is 0 Å². The smallest absolute Gasteiger partial charge is 0.254 e. The maximum Gasteiger partial charge on any atom is 0.254 e. The number of amides is 1. The Bertz CT molecular complexity index is 1190. The van der Waals surface area contributed by atoms with Crippen molar-refractivity contribution in [3.8, 4) is 11.3 Å². The Morgan fingerprint density at radius 3 is 2.43 bits per heavy atom. The summed E-state index contributed by atoms with van der Waals surface area (Å²) in [6.07, 6.45) is 3.37. The minimum atomic E-state index is -0.517. The number of para-hydroxylation sites is 1. The molecule has 0 aliphatic carbocycles. The molecule has 0 fully saturated rings. The van der Waals surface area contributed by atoms with Gasteiger partial charge in [-0.25, -0.2) is 0 Å². The molecule has 0 aliphatic heterocycles. The molecule has 0 unspecified atom stereocenters. The van der Waals surface area contributed by atoms with E-state index in [9.17, 15) is 9.59 Å². The average molecular weight is 370 g/mol. The molecule has 4 rings (SSSR count). The largest absolute Gasteiger partial charge is 0.365 e. The van der Waals surface area contributed by atoms with Crippen molar-refractivity contribution in [1.82, 2.24) is 4.57 Å². The number of primary amides is 1. The van der Waals surface area contributed by atoms with Crippen molar-refractivity contribution < 1.29 is 14.2 Å². The van der Waals surface area contributed by atoms with Crippen LogP contribution < -0.4 is 10.3 Å². The number of benzene rings is 2. The van der Waals surface area contributed by atoms with E-state index in [0.717, 1.165) is 22.2 Å². The Morgan fingerprint density at radius 2 is 1.68 bits per heavy atom. The first-order valence-corrected chi connectivity index (χ1v) is 9.01. The number of carbonyl (C=O) groups excluding carboxylic acids is 2. The number of fused-ring (bicyclic) bond motifs is 1. The number of pyridine rings is 1. The second-order valence-corrected chi connectivity index (χ2v) is 6.72. The molecule has 0 spiro atoms. The highest BCUT2D eigenvalue weighted by molar-refractivity contribution is 6.13. The van der Waals surface area contributed by atoms with Gasteiger partial charge in [0.05, 0.1) is 11.3 Å². The average Bonchev–Trinajstić information content (AvgIpc) is 3.02. The normalized spacial score (nSPS) is 10.9. The minimum absolute atomic E-state index is 0.0257. The molecule has 138 valence electrons. The predicted molar refractivity (Wildman–Crippen MR) is 108 cm³/mol. The van der Waals surface area contributed by atoms with Gasteiger partial charge in [-0.2, -0.15) is 4.57 Å². The van der Waals surface area contributed by atoms with Gasteiger partial charge in [0.2, 0.25) is 12.3 Å². The van der Waals surface area contributed by atoms with Crippen LogP contribution in [0.1, 0.15) is 20.7 Å². The number of hydrogen-bond donors (Lipinski definition) is 1. The minimum Gasteiger partial charge on any atom is -0.365 e. The predicted octanol–water partition coefficient (Wildman–Crippen LogP) is 3.11. The van der Waals surface area contributed by atoms with Crippen LogP contribution in [0.2, 0.25) is 0 Å². The summed E-state index contributed by atoms with van der Waals surface area (Å²) in [6, 6.07) is 21.1. The Hall–Kier alpha value is -3.73. The number of carbonyl (C=O) groups is 2. The van der Waals surface area contributed by atoms with Crippen molar-refractivity contribution in [2.24, 2.45) is 12.8 Å². The van der Waals surface area contributed by atoms with E-state index in [4.69, 9.17) is 5.73 Å². The lowest BCUT2D eigenvalue weighted by atomic mass is 10.0. The van der Waals surface area contributed by atoms with Gasteiger partial charge in [-0.05, 0) is 17.7 Å². The van der Waals surface area contributed by atoms with Gasteiger partial charge in [0.25, 0.3) is 5.91 Å². The number of aryl methyl sites for hydroxylation is 1. The highest BCUT2D eigenvalue weighted by Crippen LogP contribution is 2.33. The first-order valence-electron chi connectivity index (χ1n) is 9.01. The summed E-state index contributed by atoms with van der Waals surface area (Å²) in [7, 11) is 1.97. The number of aromatic nitrogens is 2. The van der Waals surface area contributed by atoms with E-state index in [2.05, 4.69) is 4.57 Å². The summed E-state index contributed by atoms with van der Waals surface area (Å²) >= 11 is 0. The Morgan fingerprint density at radius 1 is 0.964 bits per heavy atom. The lowest BCUT2D eigenvalue weighted by molar-refractivity contribution is -0.683. The highest BCUT2D eigenvalue weighted by Gasteiger charge is 2.24. The SMILES string of the molecule is Cn1c(-c2ccccc2)c(C(=O)C[n+]2cccc(C(N)=O)c2)c2ccccc21. The quantitative estimate of drug-likeness (QED) is 0.433. The zero-order chi connectivity index (χ0) is 19.7. The Kier molecular flexibility index (Phi) is 4.49. The molecule has 2 heterocycles. The number of nitrogens with zero attached hydrogens (tertiary/aromatic N) is 2. The lowest BCUT2D eigenvalue weighted by Gasteiger charge is -2.07. The molecular formula is C23H20N3O2+. The molecule has 2 aromatic carbocycles. The monoisotopic (exact) mass is 370 g/mol. The van der Waals surface area contributed by atoms with Gasteiger partial charge in [0.1, 0.15) is 5.56 Å². The maximum absolute atomic E-state index is 13.4. The van der Waals surface area contributed by atoms with Crippen LogP contribution in [-0.2, 0) is 13.6 Å². The van der Waals surface area contributed by atoms with Crippen LogP contribution in [0.25, 0.3) is 22.2 Å². The topological polar surface area (TPSA) is 69.0 Å². The van der Waals surface area contributed by atoms with Gasteiger partial charge in [-0.1, -0.05) is 48.5 Å². The van der Waals surface area contributed by atoms with Crippen LogP contribution in [0.3, 0.4) is 0 Å². The van der Waals surface area contributed by atoms with Crippen LogP contribution in [-0.4, -0.2) is 16.3 Å². The molecule has 0 radical (unpaired) electrons. The van der Waals surface area contributed by atoms with Crippen molar-refractivity contribution in [2.45, 2.75) is 6.54 Å². The molecule has 28 heavy (non-hydrogen) atoms. The zero-order valence-electron chi connectivity index (χ0n) is 15.5. The third kappa shape index (κ3) is 3.07. The van der Waals surface area contributed by atoms with Crippen molar-refractivity contribution in [3.63, 3.8) is 0 Å².